The number of ketones is 1. The Morgan fingerprint density at radius 2 is 2.36 bits per heavy atom. The Kier molecular flexibility index (Phi) is 2.25. The van der Waals surface area contributed by atoms with E-state index in [9.17, 15) is 4.79 Å². The Bertz CT molecular complexity index is 490. The van der Waals surface area contributed by atoms with E-state index in [0.717, 1.165) is 5.52 Å². The maximum absolute atomic E-state index is 11.3. The third kappa shape index (κ3) is 1.51. The zero-order chi connectivity index (χ0) is 10.1. The number of benzene rings is 1. The van der Waals surface area contributed by atoms with E-state index in [1.165, 1.54) is 0 Å². The molecule has 0 atom stereocenters. The normalized spacial score (nSPS) is 10.7. The average molecular weight is 210 g/mol. The summed E-state index contributed by atoms with van der Waals surface area (Å²) in [4.78, 5) is 15.4. The molecule has 1 aromatic heterocycles. The molecule has 3 nitrogen and oxygen atoms in total. The van der Waals surface area contributed by atoms with Crippen molar-refractivity contribution in [1.82, 2.24) is 4.98 Å². The van der Waals surface area contributed by atoms with Gasteiger partial charge < -0.3 is 4.42 Å². The molecule has 0 saturated carbocycles. The van der Waals surface area contributed by atoms with E-state index in [1.54, 1.807) is 25.1 Å². The number of hydrogen-bond donors (Lipinski definition) is 0. The molecule has 0 bridgehead atoms. The van der Waals surface area contributed by atoms with Crippen LogP contribution in [0.2, 0.25) is 0 Å². The fourth-order valence-electron chi connectivity index (χ4n) is 1.29. The molecule has 0 aliphatic heterocycles. The van der Waals surface area contributed by atoms with E-state index in [4.69, 9.17) is 16.0 Å². The average Bonchev–Trinajstić information content (AvgIpc) is 2.55. The Morgan fingerprint density at radius 3 is 3.07 bits per heavy atom. The molecule has 0 N–H and O–H groups in total. The lowest BCUT2D eigenvalue weighted by atomic mass is 10.1. The van der Waals surface area contributed by atoms with Gasteiger partial charge in [0.05, 0.1) is 5.88 Å². The number of Topliss-reactive ketones (excluding diaryl/α,β-unsaturated/α-hetero) is 1. The lowest BCUT2D eigenvalue weighted by Gasteiger charge is -1.94. The summed E-state index contributed by atoms with van der Waals surface area (Å²) < 4.78 is 5.30. The molecule has 0 aliphatic carbocycles. The second-order valence-electron chi connectivity index (χ2n) is 2.97. The summed E-state index contributed by atoms with van der Waals surface area (Å²) in [5.41, 5.74) is 1.94. The molecule has 0 unspecified atom stereocenters. The van der Waals surface area contributed by atoms with Crippen LogP contribution < -0.4 is 0 Å². The molecule has 1 heterocycles. The molecule has 14 heavy (non-hydrogen) atoms. The highest BCUT2D eigenvalue weighted by atomic mass is 35.5. The first-order chi connectivity index (χ1) is 6.70. The highest BCUT2D eigenvalue weighted by Gasteiger charge is 2.07. The van der Waals surface area contributed by atoms with E-state index in [0.29, 0.717) is 17.0 Å². The van der Waals surface area contributed by atoms with Crippen molar-refractivity contribution >= 4 is 28.5 Å². The molecule has 0 fully saturated rings. The van der Waals surface area contributed by atoms with Crippen molar-refractivity contribution in [3.05, 3.63) is 29.7 Å². The highest BCUT2D eigenvalue weighted by molar-refractivity contribution is 6.30. The Labute approximate surface area is 85.7 Å². The van der Waals surface area contributed by atoms with Crippen molar-refractivity contribution in [2.75, 3.05) is 5.88 Å². The van der Waals surface area contributed by atoms with E-state index < -0.39 is 0 Å². The Balaban J connectivity index is 2.55. The predicted molar refractivity (Wildman–Crippen MR) is 53.8 cm³/mol. The summed E-state index contributed by atoms with van der Waals surface area (Å²) in [6.07, 6.45) is 0. The smallest absolute Gasteiger partial charge is 0.192 e. The number of rotatable bonds is 2. The van der Waals surface area contributed by atoms with E-state index in [2.05, 4.69) is 4.98 Å². The second-order valence-corrected chi connectivity index (χ2v) is 3.24. The van der Waals surface area contributed by atoms with Gasteiger partial charge in [0.15, 0.2) is 17.3 Å². The maximum Gasteiger partial charge on any atom is 0.192 e. The van der Waals surface area contributed by atoms with Crippen LogP contribution in [0.15, 0.2) is 22.6 Å². The summed E-state index contributed by atoms with van der Waals surface area (Å²) in [6, 6.07) is 5.13. The molecule has 0 radical (unpaired) electrons. The van der Waals surface area contributed by atoms with Crippen LogP contribution in [0.25, 0.3) is 11.1 Å². The van der Waals surface area contributed by atoms with Gasteiger partial charge in [-0.15, -0.1) is 11.6 Å². The molecule has 1 aromatic carbocycles. The van der Waals surface area contributed by atoms with E-state index in [1.807, 2.05) is 0 Å². The lowest BCUT2D eigenvalue weighted by Crippen LogP contribution is -1.99. The quantitative estimate of drug-likeness (QED) is 0.564. The first-order valence-electron chi connectivity index (χ1n) is 4.17. The van der Waals surface area contributed by atoms with Crippen LogP contribution in [0.3, 0.4) is 0 Å². The van der Waals surface area contributed by atoms with Crippen LogP contribution >= 0.6 is 11.6 Å². The third-order valence-electron chi connectivity index (χ3n) is 1.94. The van der Waals surface area contributed by atoms with Gasteiger partial charge in [-0.05, 0) is 18.2 Å². The summed E-state index contributed by atoms with van der Waals surface area (Å²) in [5, 5.41) is 0. The van der Waals surface area contributed by atoms with Crippen LogP contribution in [-0.4, -0.2) is 16.6 Å². The number of nitrogens with zero attached hydrogens (tertiary/aromatic N) is 1. The fourth-order valence-corrected chi connectivity index (χ4v) is 1.44. The number of oxazole rings is 1. The summed E-state index contributed by atoms with van der Waals surface area (Å²) >= 11 is 5.45. The number of hydrogen-bond acceptors (Lipinski definition) is 3. The molecule has 72 valence electrons. The van der Waals surface area contributed by atoms with Crippen molar-refractivity contribution in [1.29, 1.82) is 0 Å². The molecular formula is C10H8ClNO2. The fraction of sp³-hybridized carbons (Fsp3) is 0.200. The SMILES string of the molecule is Cc1nc2ccc(C(=O)CCl)cc2o1. The van der Waals surface area contributed by atoms with Gasteiger partial charge in [0.2, 0.25) is 0 Å². The first-order valence-corrected chi connectivity index (χ1v) is 4.70. The van der Waals surface area contributed by atoms with E-state index >= 15 is 0 Å². The van der Waals surface area contributed by atoms with Crippen molar-refractivity contribution in [2.24, 2.45) is 0 Å². The molecule has 2 aromatic rings. The minimum absolute atomic E-state index is 0.0153. The van der Waals surface area contributed by atoms with Gasteiger partial charge in [-0.2, -0.15) is 0 Å². The topological polar surface area (TPSA) is 43.1 Å². The largest absolute Gasteiger partial charge is 0.441 e. The summed E-state index contributed by atoms with van der Waals surface area (Å²) in [7, 11) is 0. The van der Waals surface area contributed by atoms with Gasteiger partial charge in [0.1, 0.15) is 5.52 Å². The zero-order valence-corrected chi connectivity index (χ0v) is 8.34. The Hall–Kier alpha value is -1.35. The number of aryl methyl sites for hydroxylation is 1. The number of halogens is 1. The highest BCUT2D eigenvalue weighted by Crippen LogP contribution is 2.17. The van der Waals surface area contributed by atoms with Crippen molar-refractivity contribution < 1.29 is 9.21 Å². The Morgan fingerprint density at radius 1 is 1.57 bits per heavy atom. The van der Waals surface area contributed by atoms with Gasteiger partial charge in [-0.1, -0.05) is 0 Å². The molecule has 0 aliphatic rings. The molecule has 0 amide bonds. The maximum atomic E-state index is 11.3. The number of carbonyl (C=O) groups is 1. The number of fused-ring (bicyclic) bond motifs is 1. The first kappa shape index (κ1) is 9.21. The van der Waals surface area contributed by atoms with E-state index in [-0.39, 0.29) is 11.7 Å². The van der Waals surface area contributed by atoms with Crippen LogP contribution in [0.1, 0.15) is 16.2 Å². The number of aromatic nitrogens is 1. The molecule has 0 spiro atoms. The lowest BCUT2D eigenvalue weighted by molar-refractivity contribution is 0.102. The van der Waals surface area contributed by atoms with Gasteiger partial charge in [-0.3, -0.25) is 4.79 Å². The van der Waals surface area contributed by atoms with Crippen LogP contribution in [0.5, 0.6) is 0 Å². The van der Waals surface area contributed by atoms with Crippen LogP contribution in [0, 0.1) is 6.92 Å². The number of alkyl halides is 1. The second kappa shape index (κ2) is 3.42. The molecule has 4 heteroatoms. The summed E-state index contributed by atoms with van der Waals surface area (Å²) in [6.45, 7) is 1.77. The molecular weight excluding hydrogens is 202 g/mol. The van der Waals surface area contributed by atoms with Crippen molar-refractivity contribution in [3.8, 4) is 0 Å². The molecule has 0 saturated heterocycles. The standard InChI is InChI=1S/C10H8ClNO2/c1-6-12-8-3-2-7(9(13)5-11)4-10(8)14-6/h2-4H,5H2,1H3. The van der Waals surface area contributed by atoms with Gasteiger partial charge >= 0.3 is 0 Å². The summed E-state index contributed by atoms with van der Waals surface area (Å²) in [5.74, 6) is 0.469. The van der Waals surface area contributed by atoms with Crippen LogP contribution in [-0.2, 0) is 0 Å². The number of carbonyl (C=O) groups excluding carboxylic acids is 1. The predicted octanol–water partition coefficient (Wildman–Crippen LogP) is 2.56. The van der Waals surface area contributed by atoms with Gasteiger partial charge in [-0.25, -0.2) is 4.98 Å². The zero-order valence-electron chi connectivity index (χ0n) is 7.58. The molecule has 2 rings (SSSR count). The minimum Gasteiger partial charge on any atom is -0.441 e. The minimum atomic E-state index is -0.109. The third-order valence-corrected chi connectivity index (χ3v) is 2.18. The van der Waals surface area contributed by atoms with Crippen molar-refractivity contribution in [2.45, 2.75) is 6.92 Å². The van der Waals surface area contributed by atoms with Crippen LogP contribution in [0.4, 0.5) is 0 Å². The van der Waals surface area contributed by atoms with Crippen molar-refractivity contribution in [3.63, 3.8) is 0 Å². The van der Waals surface area contributed by atoms with Gasteiger partial charge in [0.25, 0.3) is 0 Å². The monoisotopic (exact) mass is 209 g/mol. The van der Waals surface area contributed by atoms with Gasteiger partial charge in [0, 0.05) is 12.5 Å².